The molecule has 32 heavy (non-hydrogen) atoms. The molecule has 0 aliphatic carbocycles. The van der Waals surface area contributed by atoms with Crippen LogP contribution in [-0.2, 0) is 13.1 Å². The van der Waals surface area contributed by atoms with Crippen LogP contribution in [0, 0.1) is 0 Å². The molecule has 1 saturated heterocycles. The standard InChI is InChI=1S/C23H23ClN4O4/c24-17-2-1-3-18(11-17)25-23(29)19-14-30-22(26-19)13-28-8-6-27(7-9-28)12-16-4-5-20-21(10-16)32-15-31-20/h1-5,10-11,14H,6-9,12-13,15H2,(H,25,29). The number of carbonyl (C=O) groups is 1. The van der Waals surface area contributed by atoms with Gasteiger partial charge in [-0.15, -0.1) is 0 Å². The number of rotatable bonds is 6. The molecule has 3 heterocycles. The van der Waals surface area contributed by atoms with Crippen molar-refractivity contribution in [2.45, 2.75) is 13.1 Å². The van der Waals surface area contributed by atoms with E-state index in [1.165, 1.54) is 11.8 Å². The highest BCUT2D eigenvalue weighted by Crippen LogP contribution is 2.32. The van der Waals surface area contributed by atoms with E-state index < -0.39 is 0 Å². The maximum absolute atomic E-state index is 12.4. The molecule has 2 aromatic carbocycles. The van der Waals surface area contributed by atoms with Gasteiger partial charge in [0.05, 0.1) is 6.54 Å². The Morgan fingerprint density at radius 2 is 1.78 bits per heavy atom. The quantitative estimate of drug-likeness (QED) is 0.609. The average Bonchev–Trinajstić information content (AvgIpc) is 3.44. The van der Waals surface area contributed by atoms with Gasteiger partial charge in [-0.2, -0.15) is 0 Å². The highest BCUT2D eigenvalue weighted by molar-refractivity contribution is 6.30. The lowest BCUT2D eigenvalue weighted by Gasteiger charge is -2.34. The van der Waals surface area contributed by atoms with Crippen LogP contribution in [0.25, 0.3) is 0 Å². The number of oxazole rings is 1. The van der Waals surface area contributed by atoms with Crippen LogP contribution in [0.4, 0.5) is 5.69 Å². The Morgan fingerprint density at radius 1 is 1.00 bits per heavy atom. The van der Waals surface area contributed by atoms with Gasteiger partial charge in [-0.05, 0) is 35.9 Å². The highest BCUT2D eigenvalue weighted by atomic mass is 35.5. The molecule has 0 spiro atoms. The summed E-state index contributed by atoms with van der Waals surface area (Å²) in [4.78, 5) is 21.4. The number of nitrogens with zero attached hydrogens (tertiary/aromatic N) is 3. The fraction of sp³-hybridized carbons (Fsp3) is 0.304. The number of anilines is 1. The molecule has 2 aliphatic rings. The Morgan fingerprint density at radius 3 is 2.59 bits per heavy atom. The fourth-order valence-corrected chi connectivity index (χ4v) is 4.03. The van der Waals surface area contributed by atoms with Crippen molar-refractivity contribution in [1.82, 2.24) is 14.8 Å². The van der Waals surface area contributed by atoms with E-state index >= 15 is 0 Å². The van der Waals surface area contributed by atoms with Gasteiger partial charge in [0, 0.05) is 43.4 Å². The maximum Gasteiger partial charge on any atom is 0.277 e. The fourth-order valence-electron chi connectivity index (χ4n) is 3.84. The van der Waals surface area contributed by atoms with Crippen molar-refractivity contribution in [2.75, 3.05) is 38.3 Å². The van der Waals surface area contributed by atoms with E-state index in [1.807, 2.05) is 6.07 Å². The van der Waals surface area contributed by atoms with Crippen LogP contribution in [0.2, 0.25) is 5.02 Å². The molecule has 9 heteroatoms. The molecular weight excluding hydrogens is 432 g/mol. The third-order valence-corrected chi connectivity index (χ3v) is 5.77. The van der Waals surface area contributed by atoms with Crippen LogP contribution in [0.3, 0.4) is 0 Å². The Kier molecular flexibility index (Phi) is 5.98. The molecule has 0 atom stereocenters. The number of halogens is 1. The second-order valence-electron chi connectivity index (χ2n) is 7.83. The number of benzene rings is 2. The second-order valence-corrected chi connectivity index (χ2v) is 8.27. The average molecular weight is 455 g/mol. The molecule has 3 aromatic rings. The first-order chi connectivity index (χ1) is 15.6. The minimum Gasteiger partial charge on any atom is -0.454 e. The Hall–Kier alpha value is -3.07. The van der Waals surface area contributed by atoms with Crippen LogP contribution in [0.1, 0.15) is 21.9 Å². The predicted octanol–water partition coefficient (Wildman–Crippen LogP) is 3.63. The van der Waals surface area contributed by atoms with E-state index in [0.29, 0.717) is 29.9 Å². The summed E-state index contributed by atoms with van der Waals surface area (Å²) < 4.78 is 16.4. The van der Waals surface area contributed by atoms with E-state index in [2.05, 4.69) is 32.2 Å². The number of ether oxygens (including phenoxy) is 2. The summed E-state index contributed by atoms with van der Waals surface area (Å²) >= 11 is 5.96. The molecule has 0 saturated carbocycles. The van der Waals surface area contributed by atoms with E-state index in [-0.39, 0.29) is 11.6 Å². The third-order valence-electron chi connectivity index (χ3n) is 5.53. The summed E-state index contributed by atoms with van der Waals surface area (Å²) in [6.07, 6.45) is 1.39. The number of nitrogens with one attached hydrogen (secondary N) is 1. The largest absolute Gasteiger partial charge is 0.454 e. The first kappa shape index (κ1) is 20.8. The first-order valence-electron chi connectivity index (χ1n) is 10.5. The van der Waals surface area contributed by atoms with Crippen molar-refractivity contribution in [1.29, 1.82) is 0 Å². The molecule has 0 radical (unpaired) electrons. The van der Waals surface area contributed by atoms with Crippen molar-refractivity contribution in [3.8, 4) is 11.5 Å². The van der Waals surface area contributed by atoms with Crippen LogP contribution in [-0.4, -0.2) is 53.7 Å². The van der Waals surface area contributed by atoms with Crippen molar-refractivity contribution in [3.05, 3.63) is 70.9 Å². The van der Waals surface area contributed by atoms with E-state index in [1.54, 1.807) is 24.3 Å². The molecule has 0 unspecified atom stereocenters. The molecule has 8 nitrogen and oxygen atoms in total. The van der Waals surface area contributed by atoms with Crippen LogP contribution < -0.4 is 14.8 Å². The van der Waals surface area contributed by atoms with Gasteiger partial charge in [-0.25, -0.2) is 4.98 Å². The van der Waals surface area contributed by atoms with E-state index in [9.17, 15) is 4.79 Å². The lowest BCUT2D eigenvalue weighted by Crippen LogP contribution is -2.45. The van der Waals surface area contributed by atoms with Gasteiger partial charge < -0.3 is 19.2 Å². The van der Waals surface area contributed by atoms with Gasteiger partial charge in [0.1, 0.15) is 6.26 Å². The van der Waals surface area contributed by atoms with Gasteiger partial charge in [0.15, 0.2) is 17.2 Å². The SMILES string of the molecule is O=C(Nc1cccc(Cl)c1)c1coc(CN2CCN(Cc3ccc4c(c3)OCO4)CC2)n1. The maximum atomic E-state index is 12.4. The minimum absolute atomic E-state index is 0.251. The van der Waals surface area contributed by atoms with Crippen molar-refractivity contribution in [3.63, 3.8) is 0 Å². The van der Waals surface area contributed by atoms with Crippen LogP contribution >= 0.6 is 11.6 Å². The summed E-state index contributed by atoms with van der Waals surface area (Å²) in [5.74, 6) is 1.84. The number of hydrogen-bond donors (Lipinski definition) is 1. The van der Waals surface area contributed by atoms with Crippen molar-refractivity contribution in [2.24, 2.45) is 0 Å². The number of hydrogen-bond acceptors (Lipinski definition) is 7. The summed E-state index contributed by atoms with van der Waals surface area (Å²) in [5, 5.41) is 3.33. The summed E-state index contributed by atoms with van der Waals surface area (Å²) in [6, 6.07) is 13.1. The number of fused-ring (bicyclic) bond motifs is 1. The molecular formula is C23H23ClN4O4. The second kappa shape index (κ2) is 9.20. The van der Waals surface area contributed by atoms with E-state index in [4.69, 9.17) is 25.5 Å². The van der Waals surface area contributed by atoms with Gasteiger partial charge in [-0.3, -0.25) is 14.6 Å². The summed E-state index contributed by atoms with van der Waals surface area (Å²) in [7, 11) is 0. The molecule has 166 valence electrons. The minimum atomic E-state index is -0.323. The topological polar surface area (TPSA) is 80.1 Å². The van der Waals surface area contributed by atoms with Gasteiger partial charge in [0.25, 0.3) is 5.91 Å². The third kappa shape index (κ3) is 4.88. The summed E-state index contributed by atoms with van der Waals surface area (Å²) in [5.41, 5.74) is 2.08. The monoisotopic (exact) mass is 454 g/mol. The van der Waals surface area contributed by atoms with Crippen molar-refractivity contribution >= 4 is 23.2 Å². The zero-order valence-electron chi connectivity index (χ0n) is 17.4. The van der Waals surface area contributed by atoms with Gasteiger partial charge in [-0.1, -0.05) is 23.7 Å². The molecule has 1 N–H and O–H groups in total. The van der Waals surface area contributed by atoms with Crippen LogP contribution in [0.15, 0.2) is 53.1 Å². The van der Waals surface area contributed by atoms with E-state index in [0.717, 1.165) is 44.2 Å². The smallest absolute Gasteiger partial charge is 0.277 e. The molecule has 1 amide bonds. The predicted molar refractivity (Wildman–Crippen MR) is 119 cm³/mol. The molecule has 2 aliphatic heterocycles. The Balaban J connectivity index is 1.11. The summed E-state index contributed by atoms with van der Waals surface area (Å²) in [6.45, 7) is 5.42. The number of carbonyl (C=O) groups excluding carboxylic acids is 1. The van der Waals surface area contributed by atoms with Gasteiger partial charge in [0.2, 0.25) is 12.7 Å². The molecule has 0 bridgehead atoms. The van der Waals surface area contributed by atoms with Crippen LogP contribution in [0.5, 0.6) is 11.5 Å². The highest BCUT2D eigenvalue weighted by Gasteiger charge is 2.21. The van der Waals surface area contributed by atoms with Crippen molar-refractivity contribution < 1.29 is 18.7 Å². The normalized spacial score (nSPS) is 16.3. The zero-order chi connectivity index (χ0) is 21.9. The molecule has 1 aromatic heterocycles. The Bertz CT molecular complexity index is 1110. The van der Waals surface area contributed by atoms with Gasteiger partial charge >= 0.3 is 0 Å². The lowest BCUT2D eigenvalue weighted by atomic mass is 10.1. The number of aromatic nitrogens is 1. The lowest BCUT2D eigenvalue weighted by molar-refractivity contribution is 0.102. The number of amides is 1. The molecule has 1 fully saturated rings. The zero-order valence-corrected chi connectivity index (χ0v) is 18.2. The first-order valence-corrected chi connectivity index (χ1v) is 10.8. The Labute approximate surface area is 190 Å². The molecule has 5 rings (SSSR count). The number of piperazine rings is 1.